The minimum atomic E-state index is -0.0365. The van der Waals surface area contributed by atoms with Crippen molar-refractivity contribution < 1.29 is 4.79 Å². The number of hydrogen-bond donors (Lipinski definition) is 1. The van der Waals surface area contributed by atoms with E-state index in [1.165, 1.54) is 0 Å². The highest BCUT2D eigenvalue weighted by Crippen LogP contribution is 2.23. The molecule has 1 aliphatic heterocycles. The van der Waals surface area contributed by atoms with Gasteiger partial charge in [0, 0.05) is 24.0 Å². The summed E-state index contributed by atoms with van der Waals surface area (Å²) in [7, 11) is 0. The number of anilines is 1. The monoisotopic (exact) mass is 384 g/mol. The van der Waals surface area contributed by atoms with Crippen LogP contribution in [-0.4, -0.2) is 38.8 Å². The van der Waals surface area contributed by atoms with E-state index in [1.54, 1.807) is 10.8 Å². The topological polar surface area (TPSA) is 75.4 Å². The molecular weight excluding hydrogens is 364 g/mol. The Bertz CT molecular complexity index is 933. The van der Waals surface area contributed by atoms with Crippen LogP contribution in [0.1, 0.15) is 31.4 Å². The van der Waals surface area contributed by atoms with Gasteiger partial charge in [-0.2, -0.15) is 4.52 Å². The molecule has 4 rings (SSSR count). The van der Waals surface area contributed by atoms with Crippen LogP contribution in [0.25, 0.3) is 5.65 Å². The number of carbonyl (C=O) groups is 1. The maximum atomic E-state index is 12.6. The van der Waals surface area contributed by atoms with Gasteiger partial charge in [-0.15, -0.1) is 15.3 Å². The third kappa shape index (κ3) is 3.88. The number of amides is 1. The van der Waals surface area contributed by atoms with Crippen LogP contribution < -0.4 is 10.2 Å². The molecule has 0 saturated carbocycles. The lowest BCUT2D eigenvalue weighted by Gasteiger charge is -2.32. The fourth-order valence-electron chi connectivity index (χ4n) is 3.42. The van der Waals surface area contributed by atoms with Gasteiger partial charge < -0.3 is 10.2 Å². The first-order valence-corrected chi connectivity index (χ1v) is 9.46. The Morgan fingerprint density at radius 1 is 1.19 bits per heavy atom. The number of benzene rings is 1. The number of nitrogens with one attached hydrogen (secondary N) is 1. The molecule has 140 valence electrons. The Morgan fingerprint density at radius 3 is 2.67 bits per heavy atom. The van der Waals surface area contributed by atoms with Crippen LogP contribution in [0.15, 0.2) is 42.7 Å². The van der Waals surface area contributed by atoms with E-state index in [0.717, 1.165) is 43.0 Å². The summed E-state index contributed by atoms with van der Waals surface area (Å²) in [5.74, 6) is 1.02. The molecule has 1 fully saturated rings. The van der Waals surface area contributed by atoms with Crippen LogP contribution in [0.5, 0.6) is 0 Å². The average Bonchev–Trinajstić information content (AvgIpc) is 3.16. The summed E-state index contributed by atoms with van der Waals surface area (Å²) in [6.45, 7) is 3.59. The Hall–Kier alpha value is -2.67. The first kappa shape index (κ1) is 17.7. The van der Waals surface area contributed by atoms with Crippen molar-refractivity contribution in [1.29, 1.82) is 0 Å². The molecule has 0 radical (unpaired) electrons. The zero-order chi connectivity index (χ0) is 18.8. The summed E-state index contributed by atoms with van der Waals surface area (Å²) < 4.78 is 1.67. The lowest BCUT2D eigenvalue weighted by Crippen LogP contribution is -2.41. The molecule has 1 N–H and O–H groups in total. The van der Waals surface area contributed by atoms with Crippen molar-refractivity contribution in [2.75, 3.05) is 18.0 Å². The molecule has 1 amide bonds. The van der Waals surface area contributed by atoms with E-state index in [-0.39, 0.29) is 17.9 Å². The van der Waals surface area contributed by atoms with Crippen molar-refractivity contribution in [2.24, 2.45) is 5.92 Å². The highest BCUT2D eigenvalue weighted by molar-refractivity contribution is 6.30. The number of nitrogens with zero attached hydrogens (tertiary/aromatic N) is 5. The molecule has 7 nitrogen and oxygen atoms in total. The predicted molar refractivity (Wildman–Crippen MR) is 104 cm³/mol. The molecule has 3 heterocycles. The minimum Gasteiger partial charge on any atom is -0.355 e. The first-order valence-electron chi connectivity index (χ1n) is 9.08. The number of aromatic nitrogens is 4. The molecular formula is C19H21ClN6O. The molecule has 1 unspecified atom stereocenters. The van der Waals surface area contributed by atoms with Crippen molar-refractivity contribution in [3.63, 3.8) is 0 Å². The summed E-state index contributed by atoms with van der Waals surface area (Å²) >= 11 is 5.93. The van der Waals surface area contributed by atoms with E-state index in [4.69, 9.17) is 11.6 Å². The Labute approximate surface area is 162 Å². The number of halogens is 1. The second kappa shape index (κ2) is 7.52. The molecule has 3 aromatic rings. The summed E-state index contributed by atoms with van der Waals surface area (Å²) in [5, 5.41) is 16.2. The predicted octanol–water partition coefficient (Wildman–Crippen LogP) is 2.87. The Kier molecular flexibility index (Phi) is 4.94. The van der Waals surface area contributed by atoms with Gasteiger partial charge in [0.1, 0.15) is 12.1 Å². The number of rotatable bonds is 4. The van der Waals surface area contributed by atoms with Gasteiger partial charge in [0.25, 0.3) is 0 Å². The molecule has 1 saturated heterocycles. The van der Waals surface area contributed by atoms with Gasteiger partial charge in [-0.1, -0.05) is 23.7 Å². The van der Waals surface area contributed by atoms with Gasteiger partial charge in [0.15, 0.2) is 5.65 Å². The molecule has 0 bridgehead atoms. The maximum Gasteiger partial charge on any atom is 0.223 e. The summed E-state index contributed by atoms with van der Waals surface area (Å²) in [5.41, 5.74) is 1.78. The van der Waals surface area contributed by atoms with E-state index < -0.39 is 0 Å². The molecule has 2 aromatic heterocycles. The summed E-state index contributed by atoms with van der Waals surface area (Å²) in [4.78, 5) is 14.8. The molecule has 27 heavy (non-hydrogen) atoms. The van der Waals surface area contributed by atoms with E-state index in [1.807, 2.05) is 43.3 Å². The average molecular weight is 385 g/mol. The van der Waals surface area contributed by atoms with Gasteiger partial charge in [0.2, 0.25) is 5.91 Å². The van der Waals surface area contributed by atoms with Gasteiger partial charge in [-0.05, 0) is 49.6 Å². The van der Waals surface area contributed by atoms with Crippen molar-refractivity contribution >= 4 is 29.0 Å². The lowest BCUT2D eigenvalue weighted by atomic mass is 9.95. The highest BCUT2D eigenvalue weighted by atomic mass is 35.5. The molecule has 0 aliphatic carbocycles. The number of carbonyl (C=O) groups excluding carboxylic acids is 1. The van der Waals surface area contributed by atoms with E-state index in [2.05, 4.69) is 25.5 Å². The van der Waals surface area contributed by atoms with Gasteiger partial charge in [0.05, 0.1) is 6.04 Å². The van der Waals surface area contributed by atoms with Crippen molar-refractivity contribution in [2.45, 2.75) is 25.8 Å². The normalized spacial score (nSPS) is 16.4. The largest absolute Gasteiger partial charge is 0.355 e. The highest BCUT2D eigenvalue weighted by Gasteiger charge is 2.26. The van der Waals surface area contributed by atoms with Gasteiger partial charge >= 0.3 is 0 Å². The zero-order valence-corrected chi connectivity index (χ0v) is 15.8. The fraction of sp³-hybridized carbons (Fsp3) is 0.368. The molecule has 1 atom stereocenters. The maximum absolute atomic E-state index is 12.6. The smallest absolute Gasteiger partial charge is 0.223 e. The third-order valence-electron chi connectivity index (χ3n) is 5.07. The number of piperidine rings is 1. The van der Waals surface area contributed by atoms with Crippen LogP contribution in [0.2, 0.25) is 5.02 Å². The molecule has 8 heteroatoms. The van der Waals surface area contributed by atoms with E-state index in [0.29, 0.717) is 5.02 Å². The Balaban J connectivity index is 1.34. The number of fused-ring (bicyclic) bond motifs is 1. The number of hydrogen-bond acceptors (Lipinski definition) is 5. The van der Waals surface area contributed by atoms with Crippen LogP contribution in [0.3, 0.4) is 0 Å². The van der Waals surface area contributed by atoms with Crippen LogP contribution >= 0.6 is 11.6 Å². The van der Waals surface area contributed by atoms with Crippen molar-refractivity contribution in [3.05, 3.63) is 53.3 Å². The SMILES string of the molecule is CC(NC(=O)C1CCN(c2ccc3nncn3n2)CC1)c1ccc(Cl)cc1. The van der Waals surface area contributed by atoms with Crippen LogP contribution in [0.4, 0.5) is 5.82 Å². The molecule has 1 aliphatic rings. The van der Waals surface area contributed by atoms with Crippen molar-refractivity contribution in [3.8, 4) is 0 Å². The van der Waals surface area contributed by atoms with Crippen LogP contribution in [0, 0.1) is 5.92 Å². The second-order valence-electron chi connectivity index (χ2n) is 6.87. The standard InChI is InChI=1S/C19H21ClN6O/c1-13(14-2-4-16(20)5-3-14)22-19(27)15-8-10-25(11-9-15)18-7-6-17-23-21-12-26(17)24-18/h2-7,12-13,15H,8-11H2,1H3,(H,22,27). The van der Waals surface area contributed by atoms with E-state index >= 15 is 0 Å². The summed E-state index contributed by atoms with van der Waals surface area (Å²) in [6, 6.07) is 11.4. The summed E-state index contributed by atoms with van der Waals surface area (Å²) in [6.07, 6.45) is 3.21. The first-order chi connectivity index (χ1) is 13.1. The second-order valence-corrected chi connectivity index (χ2v) is 7.30. The minimum absolute atomic E-state index is 0.0228. The van der Waals surface area contributed by atoms with Crippen molar-refractivity contribution in [1.82, 2.24) is 25.1 Å². The Morgan fingerprint density at radius 2 is 1.93 bits per heavy atom. The third-order valence-corrected chi connectivity index (χ3v) is 5.32. The molecule has 1 aromatic carbocycles. The quantitative estimate of drug-likeness (QED) is 0.748. The van der Waals surface area contributed by atoms with Gasteiger partial charge in [-0.3, -0.25) is 4.79 Å². The van der Waals surface area contributed by atoms with Crippen LogP contribution in [-0.2, 0) is 4.79 Å². The van der Waals surface area contributed by atoms with Gasteiger partial charge in [-0.25, -0.2) is 0 Å². The lowest BCUT2D eigenvalue weighted by molar-refractivity contribution is -0.126. The fourth-order valence-corrected chi connectivity index (χ4v) is 3.55. The zero-order valence-electron chi connectivity index (χ0n) is 15.0. The van der Waals surface area contributed by atoms with E-state index in [9.17, 15) is 4.79 Å². The molecule has 0 spiro atoms.